The number of benzene rings is 1. The summed E-state index contributed by atoms with van der Waals surface area (Å²) in [4.78, 5) is 19.0. The SMILES string of the molecule is Cc1nc2cc(NC(=O)NC3CCN(c4ccc5nncn5n4)C3)ccc2s1. The molecule has 1 aromatic carbocycles. The second-order valence-electron chi connectivity index (χ2n) is 6.77. The number of fused-ring (bicyclic) bond motifs is 2. The molecule has 1 aliphatic heterocycles. The molecule has 2 N–H and O–H groups in total. The maximum atomic E-state index is 12.4. The van der Waals surface area contributed by atoms with Crippen LogP contribution in [-0.4, -0.2) is 50.0 Å². The highest BCUT2D eigenvalue weighted by molar-refractivity contribution is 7.18. The summed E-state index contributed by atoms with van der Waals surface area (Å²) in [7, 11) is 0. The van der Waals surface area contributed by atoms with E-state index in [1.54, 1.807) is 22.2 Å². The number of aryl methyl sites for hydroxylation is 1. The summed E-state index contributed by atoms with van der Waals surface area (Å²) in [6, 6.07) is 9.45. The summed E-state index contributed by atoms with van der Waals surface area (Å²) < 4.78 is 2.77. The normalized spacial score (nSPS) is 16.8. The number of urea groups is 1. The van der Waals surface area contributed by atoms with Crippen LogP contribution in [0.2, 0.25) is 0 Å². The van der Waals surface area contributed by atoms with Gasteiger partial charge >= 0.3 is 6.03 Å². The molecular weight excluding hydrogens is 376 g/mol. The van der Waals surface area contributed by atoms with Crippen LogP contribution in [0.5, 0.6) is 0 Å². The maximum Gasteiger partial charge on any atom is 0.319 e. The first kappa shape index (κ1) is 16.9. The predicted molar refractivity (Wildman–Crippen MR) is 108 cm³/mol. The molecule has 0 spiro atoms. The minimum atomic E-state index is -0.208. The molecule has 1 atom stereocenters. The van der Waals surface area contributed by atoms with Crippen molar-refractivity contribution in [3.63, 3.8) is 0 Å². The Hall–Kier alpha value is -3.27. The van der Waals surface area contributed by atoms with Crippen LogP contribution in [0.4, 0.5) is 16.3 Å². The van der Waals surface area contributed by atoms with Gasteiger partial charge in [-0.3, -0.25) is 0 Å². The summed E-state index contributed by atoms with van der Waals surface area (Å²) >= 11 is 1.64. The van der Waals surface area contributed by atoms with Gasteiger partial charge in [0, 0.05) is 24.8 Å². The Morgan fingerprint density at radius 2 is 2.21 bits per heavy atom. The molecule has 1 aliphatic rings. The zero-order valence-electron chi connectivity index (χ0n) is 15.2. The van der Waals surface area contributed by atoms with Gasteiger partial charge in [-0.1, -0.05) is 0 Å². The lowest BCUT2D eigenvalue weighted by Gasteiger charge is -2.18. The number of carbonyl (C=O) groups excluding carboxylic acids is 1. The fraction of sp³-hybridized carbons (Fsp3) is 0.278. The fourth-order valence-corrected chi connectivity index (χ4v) is 4.25. The molecule has 9 nitrogen and oxygen atoms in total. The molecule has 0 bridgehead atoms. The molecule has 0 radical (unpaired) electrons. The minimum absolute atomic E-state index is 0.0589. The zero-order valence-corrected chi connectivity index (χ0v) is 16.0. The van der Waals surface area contributed by atoms with Crippen molar-refractivity contribution in [2.45, 2.75) is 19.4 Å². The molecular formula is C18H18N8OS. The molecule has 5 rings (SSSR count). The molecule has 3 aromatic heterocycles. The third-order valence-corrected chi connectivity index (χ3v) is 5.70. The number of hydrogen-bond acceptors (Lipinski definition) is 7. The Morgan fingerprint density at radius 1 is 1.29 bits per heavy atom. The van der Waals surface area contributed by atoms with Crippen LogP contribution >= 0.6 is 11.3 Å². The summed E-state index contributed by atoms with van der Waals surface area (Å²) in [6.45, 7) is 3.51. The summed E-state index contributed by atoms with van der Waals surface area (Å²) in [6.07, 6.45) is 2.44. The fourth-order valence-electron chi connectivity index (χ4n) is 3.45. The van der Waals surface area contributed by atoms with Gasteiger partial charge in [0.05, 0.1) is 15.2 Å². The summed E-state index contributed by atoms with van der Waals surface area (Å²) in [5, 5.41) is 19.3. The van der Waals surface area contributed by atoms with E-state index in [9.17, 15) is 4.79 Å². The van der Waals surface area contributed by atoms with Crippen molar-refractivity contribution in [2.24, 2.45) is 0 Å². The highest BCUT2D eigenvalue weighted by Gasteiger charge is 2.25. The number of anilines is 2. The van der Waals surface area contributed by atoms with Gasteiger partial charge in [-0.25, -0.2) is 9.78 Å². The van der Waals surface area contributed by atoms with E-state index in [2.05, 4.69) is 35.8 Å². The molecule has 28 heavy (non-hydrogen) atoms. The number of aromatic nitrogens is 5. The molecule has 4 heterocycles. The van der Waals surface area contributed by atoms with Crippen molar-refractivity contribution in [1.82, 2.24) is 30.1 Å². The van der Waals surface area contributed by atoms with Gasteiger partial charge in [0.25, 0.3) is 0 Å². The number of amides is 2. The van der Waals surface area contributed by atoms with E-state index in [4.69, 9.17) is 0 Å². The van der Waals surface area contributed by atoms with Crippen LogP contribution in [0.15, 0.2) is 36.7 Å². The first-order valence-electron chi connectivity index (χ1n) is 9.01. The number of hydrogen-bond donors (Lipinski definition) is 2. The molecule has 0 saturated carbocycles. The maximum absolute atomic E-state index is 12.4. The largest absolute Gasteiger partial charge is 0.353 e. The molecule has 1 fully saturated rings. The molecule has 1 saturated heterocycles. The third-order valence-electron chi connectivity index (χ3n) is 4.75. The molecule has 1 unspecified atom stereocenters. The topological polar surface area (TPSA) is 100 Å². The quantitative estimate of drug-likeness (QED) is 0.554. The van der Waals surface area contributed by atoms with Crippen molar-refractivity contribution in [1.29, 1.82) is 0 Å². The second kappa shape index (κ2) is 6.71. The molecule has 4 aromatic rings. The van der Waals surface area contributed by atoms with Crippen LogP contribution in [0.3, 0.4) is 0 Å². The van der Waals surface area contributed by atoms with Gasteiger partial charge in [-0.2, -0.15) is 4.52 Å². The highest BCUT2D eigenvalue weighted by atomic mass is 32.1. The lowest BCUT2D eigenvalue weighted by molar-refractivity contribution is 0.249. The van der Waals surface area contributed by atoms with E-state index in [1.165, 1.54) is 0 Å². The number of rotatable bonds is 3. The van der Waals surface area contributed by atoms with E-state index < -0.39 is 0 Å². The van der Waals surface area contributed by atoms with Crippen LogP contribution in [0, 0.1) is 6.92 Å². The van der Waals surface area contributed by atoms with Crippen LogP contribution in [0.25, 0.3) is 15.9 Å². The molecule has 10 heteroatoms. The number of nitrogens with zero attached hydrogens (tertiary/aromatic N) is 6. The van der Waals surface area contributed by atoms with E-state index in [1.807, 2.05) is 37.3 Å². The van der Waals surface area contributed by atoms with Crippen LogP contribution in [0.1, 0.15) is 11.4 Å². The third kappa shape index (κ3) is 3.22. The molecule has 0 aliphatic carbocycles. The van der Waals surface area contributed by atoms with Crippen molar-refractivity contribution in [2.75, 3.05) is 23.3 Å². The highest BCUT2D eigenvalue weighted by Crippen LogP contribution is 2.24. The standard InChI is InChI=1S/C18H18N8OS/c1-11-20-14-8-12(2-3-15(14)28-11)21-18(27)22-13-6-7-25(9-13)17-5-4-16-23-19-10-26(16)24-17/h2-5,8,10,13H,6-7,9H2,1H3,(H2,21,22,27). The number of thiazole rings is 1. The van der Waals surface area contributed by atoms with E-state index in [-0.39, 0.29) is 12.1 Å². The monoisotopic (exact) mass is 394 g/mol. The van der Waals surface area contributed by atoms with Crippen molar-refractivity contribution >= 4 is 44.7 Å². The van der Waals surface area contributed by atoms with Gasteiger partial charge in [-0.15, -0.1) is 26.6 Å². The average molecular weight is 394 g/mol. The Kier molecular flexibility index (Phi) is 4.05. The number of nitrogens with one attached hydrogen (secondary N) is 2. The zero-order chi connectivity index (χ0) is 19.1. The van der Waals surface area contributed by atoms with E-state index in [0.29, 0.717) is 12.2 Å². The first-order valence-corrected chi connectivity index (χ1v) is 9.82. The Balaban J connectivity index is 1.21. The van der Waals surface area contributed by atoms with Gasteiger partial charge in [0.15, 0.2) is 5.65 Å². The lowest BCUT2D eigenvalue weighted by atomic mass is 10.2. The van der Waals surface area contributed by atoms with Crippen molar-refractivity contribution in [3.05, 3.63) is 41.7 Å². The first-order chi connectivity index (χ1) is 13.6. The predicted octanol–water partition coefficient (Wildman–Crippen LogP) is 2.44. The average Bonchev–Trinajstić information content (AvgIpc) is 3.39. The van der Waals surface area contributed by atoms with Gasteiger partial charge in [0.1, 0.15) is 12.1 Å². The number of carbonyl (C=O) groups is 1. The van der Waals surface area contributed by atoms with E-state index >= 15 is 0 Å². The summed E-state index contributed by atoms with van der Waals surface area (Å²) in [5.41, 5.74) is 2.36. The molecule has 142 valence electrons. The summed E-state index contributed by atoms with van der Waals surface area (Å²) in [5.74, 6) is 0.848. The second-order valence-corrected chi connectivity index (χ2v) is 8.01. The Labute approximate surface area is 164 Å². The van der Waals surface area contributed by atoms with Crippen LogP contribution < -0.4 is 15.5 Å². The smallest absolute Gasteiger partial charge is 0.319 e. The van der Waals surface area contributed by atoms with Crippen molar-refractivity contribution in [3.8, 4) is 0 Å². The Morgan fingerprint density at radius 3 is 3.14 bits per heavy atom. The lowest BCUT2D eigenvalue weighted by Crippen LogP contribution is -2.39. The van der Waals surface area contributed by atoms with Gasteiger partial charge in [0.2, 0.25) is 0 Å². The van der Waals surface area contributed by atoms with Gasteiger partial charge in [-0.05, 0) is 43.7 Å². The molecule has 2 amide bonds. The van der Waals surface area contributed by atoms with Gasteiger partial charge < -0.3 is 15.5 Å². The van der Waals surface area contributed by atoms with E-state index in [0.717, 1.165) is 39.7 Å². The van der Waals surface area contributed by atoms with Crippen molar-refractivity contribution < 1.29 is 4.79 Å². The van der Waals surface area contributed by atoms with Crippen LogP contribution in [-0.2, 0) is 0 Å². The minimum Gasteiger partial charge on any atom is -0.353 e. The Bertz CT molecular complexity index is 1170.